The van der Waals surface area contributed by atoms with Crippen molar-refractivity contribution in [2.45, 2.75) is 6.92 Å². The van der Waals surface area contributed by atoms with Crippen LogP contribution in [0.4, 0.5) is 15.9 Å². The Kier molecular flexibility index (Phi) is 3.76. The van der Waals surface area contributed by atoms with Crippen molar-refractivity contribution in [2.75, 3.05) is 11.1 Å². The van der Waals surface area contributed by atoms with Crippen molar-refractivity contribution in [1.29, 1.82) is 0 Å². The largest absolute Gasteiger partial charge is 0.382 e. The Morgan fingerprint density at radius 1 is 1.17 bits per heavy atom. The van der Waals surface area contributed by atoms with Crippen molar-refractivity contribution in [2.24, 2.45) is 0 Å². The van der Waals surface area contributed by atoms with Gasteiger partial charge in [0.1, 0.15) is 5.82 Å². The summed E-state index contributed by atoms with van der Waals surface area (Å²) in [6.07, 6.45) is 0. The fraction of sp³-hybridized carbons (Fsp3) is 0.0625. The van der Waals surface area contributed by atoms with E-state index in [4.69, 9.17) is 5.73 Å². The Morgan fingerprint density at radius 3 is 2.61 bits per heavy atom. The summed E-state index contributed by atoms with van der Waals surface area (Å²) in [5, 5.41) is 10.2. The second-order valence-electron chi connectivity index (χ2n) is 4.96. The maximum Gasteiger partial charge on any atom is 0.280 e. The monoisotopic (exact) mass is 311 g/mol. The molecule has 0 aliphatic heterocycles. The topological polar surface area (TPSA) is 85.8 Å². The van der Waals surface area contributed by atoms with E-state index in [0.717, 1.165) is 11.3 Å². The highest BCUT2D eigenvalue weighted by Gasteiger charge is 2.20. The zero-order valence-electron chi connectivity index (χ0n) is 12.3. The number of nitrogen functional groups attached to an aromatic ring is 1. The van der Waals surface area contributed by atoms with Gasteiger partial charge in [-0.1, -0.05) is 35.5 Å². The first-order valence-electron chi connectivity index (χ1n) is 6.91. The predicted octanol–water partition coefficient (Wildman–Crippen LogP) is 2.55. The molecular formula is C16H14FN5O. The summed E-state index contributed by atoms with van der Waals surface area (Å²) in [6.45, 7) is 1.90. The molecule has 0 atom stereocenters. The van der Waals surface area contributed by atoms with E-state index in [1.807, 2.05) is 31.2 Å². The second kappa shape index (κ2) is 5.88. The number of benzene rings is 2. The van der Waals surface area contributed by atoms with Gasteiger partial charge in [0.25, 0.3) is 5.91 Å². The lowest BCUT2D eigenvalue weighted by molar-refractivity contribution is 0.102. The third-order valence-corrected chi connectivity index (χ3v) is 3.39. The lowest BCUT2D eigenvalue weighted by Crippen LogP contribution is -2.16. The van der Waals surface area contributed by atoms with Gasteiger partial charge in [0.05, 0.1) is 11.4 Å². The fourth-order valence-corrected chi connectivity index (χ4v) is 2.17. The molecule has 3 rings (SSSR count). The van der Waals surface area contributed by atoms with Crippen molar-refractivity contribution in [3.63, 3.8) is 0 Å². The number of nitrogens with one attached hydrogen (secondary N) is 1. The van der Waals surface area contributed by atoms with Gasteiger partial charge in [-0.3, -0.25) is 4.79 Å². The predicted molar refractivity (Wildman–Crippen MR) is 84.9 cm³/mol. The summed E-state index contributed by atoms with van der Waals surface area (Å²) in [5.74, 6) is -1.06. The molecule has 0 saturated heterocycles. The number of amides is 1. The van der Waals surface area contributed by atoms with Crippen LogP contribution in [0.5, 0.6) is 0 Å². The average molecular weight is 311 g/mol. The Bertz CT molecular complexity index is 874. The van der Waals surface area contributed by atoms with Crippen LogP contribution in [0.15, 0.2) is 48.5 Å². The molecule has 0 fully saturated rings. The molecule has 7 heteroatoms. The van der Waals surface area contributed by atoms with Gasteiger partial charge in [-0.25, -0.2) is 4.39 Å². The van der Waals surface area contributed by atoms with Crippen LogP contribution < -0.4 is 11.1 Å². The van der Waals surface area contributed by atoms with Gasteiger partial charge >= 0.3 is 0 Å². The Labute approximate surface area is 131 Å². The summed E-state index contributed by atoms with van der Waals surface area (Å²) < 4.78 is 15.0. The zero-order valence-corrected chi connectivity index (χ0v) is 12.3. The molecule has 116 valence electrons. The lowest BCUT2D eigenvalue weighted by atomic mass is 10.2. The molecule has 23 heavy (non-hydrogen) atoms. The maximum absolute atomic E-state index is 13.6. The normalized spacial score (nSPS) is 10.5. The van der Waals surface area contributed by atoms with Crippen molar-refractivity contribution in [1.82, 2.24) is 15.0 Å². The van der Waals surface area contributed by atoms with Crippen molar-refractivity contribution in [3.8, 4) is 5.69 Å². The molecule has 0 saturated carbocycles. The summed E-state index contributed by atoms with van der Waals surface area (Å²) in [5.41, 5.74) is 7.64. The van der Waals surface area contributed by atoms with Crippen molar-refractivity contribution < 1.29 is 9.18 Å². The number of aryl methyl sites for hydroxylation is 1. The van der Waals surface area contributed by atoms with Crippen molar-refractivity contribution >= 4 is 17.4 Å². The van der Waals surface area contributed by atoms with E-state index >= 15 is 0 Å². The SMILES string of the molecule is Cc1ccccc1-n1nnc(C(=O)Nc2ccccc2F)c1N. The molecule has 1 aromatic heterocycles. The third kappa shape index (κ3) is 2.76. The highest BCUT2D eigenvalue weighted by molar-refractivity contribution is 6.05. The molecule has 3 aromatic rings. The molecule has 0 spiro atoms. The van der Waals surface area contributed by atoms with Gasteiger partial charge in [0.2, 0.25) is 0 Å². The van der Waals surface area contributed by atoms with E-state index in [9.17, 15) is 9.18 Å². The number of halogens is 1. The smallest absolute Gasteiger partial charge is 0.280 e. The number of anilines is 2. The molecule has 2 aromatic carbocycles. The number of nitrogens with zero attached hydrogens (tertiary/aromatic N) is 3. The van der Waals surface area contributed by atoms with Crippen LogP contribution in [0.2, 0.25) is 0 Å². The number of hydrogen-bond acceptors (Lipinski definition) is 4. The number of nitrogens with two attached hydrogens (primary N) is 1. The number of carbonyl (C=O) groups is 1. The van der Waals surface area contributed by atoms with E-state index in [1.165, 1.54) is 22.9 Å². The molecule has 0 aliphatic carbocycles. The summed E-state index contributed by atoms with van der Waals surface area (Å²) in [4.78, 5) is 12.2. The third-order valence-electron chi connectivity index (χ3n) is 3.39. The Morgan fingerprint density at radius 2 is 1.87 bits per heavy atom. The Balaban J connectivity index is 1.92. The van der Waals surface area contributed by atoms with E-state index in [-0.39, 0.29) is 17.2 Å². The van der Waals surface area contributed by atoms with Gasteiger partial charge in [-0.15, -0.1) is 5.10 Å². The number of carbonyl (C=O) groups excluding carboxylic acids is 1. The molecule has 0 bridgehead atoms. The number of hydrogen-bond donors (Lipinski definition) is 2. The lowest BCUT2D eigenvalue weighted by Gasteiger charge is -2.07. The van der Waals surface area contributed by atoms with Crippen molar-refractivity contribution in [3.05, 3.63) is 65.6 Å². The molecule has 0 unspecified atom stereocenters. The van der Waals surface area contributed by atoms with E-state index < -0.39 is 11.7 Å². The van der Waals surface area contributed by atoms with Crippen LogP contribution in [0, 0.1) is 12.7 Å². The molecule has 1 heterocycles. The summed E-state index contributed by atoms with van der Waals surface area (Å²) >= 11 is 0. The minimum absolute atomic E-state index is 0.0577. The number of rotatable bonds is 3. The molecule has 0 aliphatic rings. The van der Waals surface area contributed by atoms with Crippen LogP contribution in [-0.4, -0.2) is 20.9 Å². The molecule has 6 nitrogen and oxygen atoms in total. The molecule has 0 radical (unpaired) electrons. The van der Waals surface area contributed by atoms with Gasteiger partial charge in [0.15, 0.2) is 11.5 Å². The molecule has 1 amide bonds. The first-order chi connectivity index (χ1) is 11.1. The van der Waals surface area contributed by atoms with Crippen LogP contribution in [0.3, 0.4) is 0 Å². The standard InChI is InChI=1S/C16H14FN5O/c1-10-6-2-5-9-13(10)22-15(18)14(20-21-22)16(23)19-12-8-4-3-7-11(12)17/h2-9H,18H2,1H3,(H,19,23). The Hall–Kier alpha value is -3.22. The van der Waals surface area contributed by atoms with Crippen LogP contribution in [0.1, 0.15) is 16.1 Å². The zero-order chi connectivity index (χ0) is 16.4. The van der Waals surface area contributed by atoms with Gasteiger partial charge in [-0.2, -0.15) is 4.68 Å². The van der Waals surface area contributed by atoms with Crippen LogP contribution >= 0.6 is 0 Å². The first kappa shape index (κ1) is 14.7. The number of para-hydroxylation sites is 2. The van der Waals surface area contributed by atoms with Gasteiger partial charge in [0, 0.05) is 0 Å². The highest BCUT2D eigenvalue weighted by atomic mass is 19.1. The first-order valence-corrected chi connectivity index (χ1v) is 6.91. The molecular weight excluding hydrogens is 297 g/mol. The minimum Gasteiger partial charge on any atom is -0.382 e. The summed E-state index contributed by atoms with van der Waals surface area (Å²) in [7, 11) is 0. The second-order valence-corrected chi connectivity index (χ2v) is 4.96. The van der Waals surface area contributed by atoms with Crippen LogP contribution in [0.25, 0.3) is 5.69 Å². The average Bonchev–Trinajstić information content (AvgIpc) is 2.92. The maximum atomic E-state index is 13.6. The molecule has 3 N–H and O–H groups in total. The minimum atomic E-state index is -0.618. The van der Waals surface area contributed by atoms with Gasteiger partial charge in [-0.05, 0) is 30.7 Å². The van der Waals surface area contributed by atoms with E-state index in [2.05, 4.69) is 15.6 Å². The fourth-order valence-electron chi connectivity index (χ4n) is 2.17. The quantitative estimate of drug-likeness (QED) is 0.778. The highest BCUT2D eigenvalue weighted by Crippen LogP contribution is 2.20. The van der Waals surface area contributed by atoms with E-state index in [1.54, 1.807) is 6.07 Å². The van der Waals surface area contributed by atoms with E-state index in [0.29, 0.717) is 0 Å². The summed E-state index contributed by atoms with van der Waals surface area (Å²) in [6, 6.07) is 13.3. The number of aromatic nitrogens is 3. The van der Waals surface area contributed by atoms with Crippen LogP contribution in [-0.2, 0) is 0 Å². The van der Waals surface area contributed by atoms with Gasteiger partial charge < -0.3 is 11.1 Å².